The van der Waals surface area contributed by atoms with Crippen molar-refractivity contribution >= 4 is 39.0 Å². The number of hydrogen-bond acceptors (Lipinski definition) is 6. The summed E-state index contributed by atoms with van der Waals surface area (Å²) in [4.78, 5) is 12.4. The molecule has 0 saturated heterocycles. The number of fused-ring (bicyclic) bond motifs is 1. The molecule has 0 aliphatic rings. The van der Waals surface area contributed by atoms with Crippen LogP contribution in [-0.2, 0) is 0 Å². The highest BCUT2D eigenvalue weighted by molar-refractivity contribution is 9.10. The molecule has 0 spiro atoms. The Morgan fingerprint density at radius 2 is 2.00 bits per heavy atom. The van der Waals surface area contributed by atoms with Gasteiger partial charge in [-0.15, -0.1) is 0 Å². The number of amides is 1. The molecule has 0 aliphatic carbocycles. The van der Waals surface area contributed by atoms with Gasteiger partial charge in [0.25, 0.3) is 0 Å². The van der Waals surface area contributed by atoms with Crippen molar-refractivity contribution in [1.29, 1.82) is 0 Å². The Labute approximate surface area is 176 Å². The smallest absolute Gasteiger partial charge is 0.307 e. The van der Waals surface area contributed by atoms with Crippen molar-refractivity contribution in [2.45, 2.75) is 13.3 Å². The topological polar surface area (TPSA) is 82.3 Å². The first kappa shape index (κ1) is 20.7. The molecule has 0 bridgehead atoms. The van der Waals surface area contributed by atoms with E-state index in [4.69, 9.17) is 18.6 Å². The molecule has 0 saturated carbocycles. The first-order valence-electron chi connectivity index (χ1n) is 8.97. The number of benzene rings is 2. The van der Waals surface area contributed by atoms with Crippen LogP contribution in [0.2, 0.25) is 0 Å². The van der Waals surface area contributed by atoms with Crippen LogP contribution in [0.5, 0.6) is 17.2 Å². The van der Waals surface area contributed by atoms with E-state index in [0.717, 1.165) is 21.8 Å². The summed E-state index contributed by atoms with van der Waals surface area (Å²) in [5, 5.41) is 4.78. The second-order valence-electron chi connectivity index (χ2n) is 6.07. The number of furan rings is 1. The Morgan fingerprint density at radius 1 is 1.21 bits per heavy atom. The van der Waals surface area contributed by atoms with Crippen molar-refractivity contribution in [2.24, 2.45) is 5.10 Å². The van der Waals surface area contributed by atoms with Gasteiger partial charge in [-0.1, -0.05) is 19.1 Å². The zero-order valence-corrected chi connectivity index (χ0v) is 17.9. The van der Waals surface area contributed by atoms with Gasteiger partial charge in [0.2, 0.25) is 0 Å². The lowest BCUT2D eigenvalue weighted by molar-refractivity contribution is 0.0929. The number of para-hydroxylation sites is 1. The standard InChI is InChI=1S/C21H21BrN2O5/c1-4-8-28-20-15(22)9-13(10-17(20)27-3)12-23-24-21(25)18-11-14-6-5-7-16(26-2)19(14)29-18/h5-7,9-12H,4,8H2,1-3H3,(H,24,25)/b23-12-. The Bertz CT molecular complexity index is 1040. The average molecular weight is 461 g/mol. The normalized spacial score (nSPS) is 11.0. The Hall–Kier alpha value is -3.00. The van der Waals surface area contributed by atoms with Crippen molar-refractivity contribution < 1.29 is 23.4 Å². The van der Waals surface area contributed by atoms with Crippen LogP contribution in [0.3, 0.4) is 0 Å². The molecule has 2 aromatic carbocycles. The first-order valence-corrected chi connectivity index (χ1v) is 9.77. The van der Waals surface area contributed by atoms with Crippen LogP contribution in [0.4, 0.5) is 0 Å². The van der Waals surface area contributed by atoms with E-state index >= 15 is 0 Å². The molecule has 0 radical (unpaired) electrons. The number of nitrogens with zero attached hydrogens (tertiary/aromatic N) is 1. The summed E-state index contributed by atoms with van der Waals surface area (Å²) >= 11 is 3.48. The van der Waals surface area contributed by atoms with Gasteiger partial charge in [0.1, 0.15) is 0 Å². The minimum absolute atomic E-state index is 0.142. The van der Waals surface area contributed by atoms with Gasteiger partial charge in [-0.05, 0) is 52.2 Å². The highest BCUT2D eigenvalue weighted by atomic mass is 79.9. The second-order valence-corrected chi connectivity index (χ2v) is 6.93. The molecular weight excluding hydrogens is 440 g/mol. The fourth-order valence-corrected chi connectivity index (χ4v) is 3.26. The molecule has 0 unspecified atom stereocenters. The fraction of sp³-hybridized carbons (Fsp3) is 0.238. The molecule has 3 rings (SSSR count). The van der Waals surface area contributed by atoms with Crippen LogP contribution in [0.1, 0.15) is 29.5 Å². The Morgan fingerprint density at radius 3 is 2.72 bits per heavy atom. The minimum Gasteiger partial charge on any atom is -0.493 e. The largest absolute Gasteiger partial charge is 0.493 e. The van der Waals surface area contributed by atoms with E-state index in [2.05, 4.69) is 26.5 Å². The number of hydrazone groups is 1. The van der Waals surface area contributed by atoms with Crippen LogP contribution in [0.25, 0.3) is 11.0 Å². The number of hydrogen-bond donors (Lipinski definition) is 1. The van der Waals surface area contributed by atoms with Crippen LogP contribution in [-0.4, -0.2) is 32.9 Å². The van der Waals surface area contributed by atoms with Gasteiger partial charge in [0, 0.05) is 5.39 Å². The number of halogens is 1. The van der Waals surface area contributed by atoms with Gasteiger partial charge < -0.3 is 18.6 Å². The molecule has 1 N–H and O–H groups in total. The number of carbonyl (C=O) groups is 1. The summed E-state index contributed by atoms with van der Waals surface area (Å²) < 4.78 is 22.7. The molecule has 0 atom stereocenters. The van der Waals surface area contributed by atoms with E-state index in [-0.39, 0.29) is 5.76 Å². The van der Waals surface area contributed by atoms with Crippen molar-refractivity contribution in [3.05, 3.63) is 52.2 Å². The summed E-state index contributed by atoms with van der Waals surface area (Å²) in [5.74, 6) is 1.45. The number of ether oxygens (including phenoxy) is 3. The third-order valence-corrected chi connectivity index (χ3v) is 4.62. The van der Waals surface area contributed by atoms with Crippen molar-refractivity contribution in [2.75, 3.05) is 20.8 Å². The SMILES string of the molecule is CCCOc1c(Br)cc(/C=N\NC(=O)c2cc3cccc(OC)c3o2)cc1OC. The van der Waals surface area contributed by atoms with E-state index in [9.17, 15) is 4.79 Å². The van der Waals surface area contributed by atoms with Gasteiger partial charge in [-0.3, -0.25) is 4.79 Å². The van der Waals surface area contributed by atoms with E-state index in [1.165, 1.54) is 6.21 Å². The lowest BCUT2D eigenvalue weighted by atomic mass is 10.2. The molecular formula is C21H21BrN2O5. The van der Waals surface area contributed by atoms with E-state index in [1.54, 1.807) is 32.4 Å². The lowest BCUT2D eigenvalue weighted by Gasteiger charge is -2.12. The molecule has 3 aromatic rings. The van der Waals surface area contributed by atoms with Crippen molar-refractivity contribution in [3.8, 4) is 17.2 Å². The molecule has 1 aromatic heterocycles. The number of carbonyl (C=O) groups excluding carboxylic acids is 1. The van der Waals surface area contributed by atoms with Crippen LogP contribution in [0, 0.1) is 0 Å². The van der Waals surface area contributed by atoms with Gasteiger partial charge >= 0.3 is 5.91 Å². The third kappa shape index (κ3) is 4.71. The number of methoxy groups -OCH3 is 2. The summed E-state index contributed by atoms with van der Waals surface area (Å²) in [7, 11) is 3.12. The Kier molecular flexibility index (Phi) is 6.77. The summed E-state index contributed by atoms with van der Waals surface area (Å²) in [5.41, 5.74) is 3.70. The molecule has 0 aliphatic heterocycles. The molecule has 29 heavy (non-hydrogen) atoms. The fourth-order valence-electron chi connectivity index (χ4n) is 2.69. The summed E-state index contributed by atoms with van der Waals surface area (Å²) in [6.07, 6.45) is 2.40. The van der Waals surface area contributed by atoms with Gasteiger partial charge in [-0.25, -0.2) is 5.43 Å². The van der Waals surface area contributed by atoms with Gasteiger partial charge in [-0.2, -0.15) is 5.10 Å². The zero-order chi connectivity index (χ0) is 20.8. The first-order chi connectivity index (χ1) is 14.1. The minimum atomic E-state index is -0.464. The molecule has 0 fully saturated rings. The van der Waals surface area contributed by atoms with Crippen LogP contribution in [0.15, 0.2) is 50.4 Å². The van der Waals surface area contributed by atoms with E-state index in [1.807, 2.05) is 25.1 Å². The predicted molar refractivity (Wildman–Crippen MR) is 114 cm³/mol. The summed E-state index contributed by atoms with van der Waals surface area (Å²) in [6.45, 7) is 2.61. The molecule has 152 valence electrons. The molecule has 1 amide bonds. The second kappa shape index (κ2) is 9.47. The quantitative estimate of drug-likeness (QED) is 0.386. The summed E-state index contributed by atoms with van der Waals surface area (Å²) in [6, 6.07) is 10.7. The van der Waals surface area contributed by atoms with Gasteiger partial charge in [0.15, 0.2) is 28.6 Å². The zero-order valence-electron chi connectivity index (χ0n) is 16.3. The average Bonchev–Trinajstić information content (AvgIpc) is 3.17. The van der Waals surface area contributed by atoms with Crippen molar-refractivity contribution in [1.82, 2.24) is 5.43 Å². The lowest BCUT2D eigenvalue weighted by Crippen LogP contribution is -2.16. The van der Waals surface area contributed by atoms with Gasteiger partial charge in [0.05, 0.1) is 31.5 Å². The maximum atomic E-state index is 12.4. The van der Waals surface area contributed by atoms with Crippen molar-refractivity contribution in [3.63, 3.8) is 0 Å². The number of nitrogens with one attached hydrogen (secondary N) is 1. The highest BCUT2D eigenvalue weighted by Gasteiger charge is 2.14. The highest BCUT2D eigenvalue weighted by Crippen LogP contribution is 2.36. The van der Waals surface area contributed by atoms with Crippen LogP contribution >= 0.6 is 15.9 Å². The van der Waals surface area contributed by atoms with Crippen LogP contribution < -0.4 is 19.6 Å². The monoisotopic (exact) mass is 460 g/mol. The molecule has 1 heterocycles. The number of rotatable bonds is 8. The molecule has 7 nitrogen and oxygen atoms in total. The maximum Gasteiger partial charge on any atom is 0.307 e. The van der Waals surface area contributed by atoms with E-state index in [0.29, 0.717) is 29.4 Å². The predicted octanol–water partition coefficient (Wildman–Crippen LogP) is 4.77. The Balaban J connectivity index is 1.74. The third-order valence-electron chi connectivity index (χ3n) is 4.03. The maximum absolute atomic E-state index is 12.4. The van der Waals surface area contributed by atoms with E-state index < -0.39 is 5.91 Å². The molecule has 8 heteroatoms.